The molecule has 0 saturated carbocycles. The molecule has 0 amide bonds. The van der Waals surface area contributed by atoms with Crippen molar-refractivity contribution >= 4 is 17.6 Å². The number of esters is 1. The maximum atomic E-state index is 11.3. The molecule has 0 bridgehead atoms. The van der Waals surface area contributed by atoms with E-state index in [4.69, 9.17) is 4.74 Å². The summed E-state index contributed by atoms with van der Waals surface area (Å²) < 4.78 is 6.09. The van der Waals surface area contributed by atoms with Crippen LogP contribution in [0.1, 0.15) is 6.92 Å². The van der Waals surface area contributed by atoms with Crippen molar-refractivity contribution in [2.24, 2.45) is 0 Å². The highest BCUT2D eigenvalue weighted by atomic mass is 16.5. The van der Waals surface area contributed by atoms with Gasteiger partial charge in [0.1, 0.15) is 12.0 Å². The average Bonchev–Trinajstić information content (AvgIpc) is 2.65. The number of nitrogens with zero attached hydrogens (tertiary/aromatic N) is 4. The Bertz CT molecular complexity index is 370. The molecule has 1 heterocycles. The van der Waals surface area contributed by atoms with E-state index in [2.05, 4.69) is 16.7 Å². The minimum atomic E-state index is -0.493. The molecule has 0 aromatic carbocycles. The van der Waals surface area contributed by atoms with Crippen molar-refractivity contribution in [3.05, 3.63) is 12.9 Å². The van der Waals surface area contributed by atoms with Crippen LogP contribution < -0.4 is 4.90 Å². The predicted molar refractivity (Wildman–Crippen MR) is 56.3 cm³/mol. The van der Waals surface area contributed by atoms with E-state index >= 15 is 0 Å². The van der Waals surface area contributed by atoms with Gasteiger partial charge in [0.05, 0.1) is 6.61 Å². The van der Waals surface area contributed by atoms with Crippen LogP contribution in [0, 0.1) is 0 Å². The van der Waals surface area contributed by atoms with E-state index in [0.29, 0.717) is 12.6 Å². The minimum absolute atomic E-state index is 0.150. The third kappa shape index (κ3) is 2.55. The molecule has 0 spiro atoms. The summed E-state index contributed by atoms with van der Waals surface area (Å²) in [6, 6.07) is 0. The van der Waals surface area contributed by atoms with Crippen molar-refractivity contribution in [3.8, 4) is 0 Å². The Hall–Kier alpha value is -1.85. The van der Waals surface area contributed by atoms with Gasteiger partial charge in [-0.25, -0.2) is 9.48 Å². The summed E-state index contributed by atoms with van der Waals surface area (Å²) in [6.45, 7) is 5.63. The second-order valence-electron chi connectivity index (χ2n) is 3.05. The Balaban J connectivity index is 2.78. The number of hydrogen-bond donors (Lipinski definition) is 0. The lowest BCUT2D eigenvalue weighted by molar-refractivity contribution is -0.136. The molecule has 1 aromatic heterocycles. The zero-order valence-electron chi connectivity index (χ0n) is 9.10. The molecule has 0 aliphatic rings. The van der Waals surface area contributed by atoms with E-state index in [0.717, 1.165) is 0 Å². The van der Waals surface area contributed by atoms with Crippen molar-refractivity contribution in [3.63, 3.8) is 0 Å². The van der Waals surface area contributed by atoms with Crippen molar-refractivity contribution in [1.82, 2.24) is 14.8 Å². The molecule has 0 unspecified atom stereocenters. The van der Waals surface area contributed by atoms with E-state index < -0.39 is 5.97 Å². The largest absolute Gasteiger partial charge is 0.461 e. The van der Waals surface area contributed by atoms with Gasteiger partial charge in [0.25, 0.3) is 0 Å². The number of rotatable bonds is 4. The Kier molecular flexibility index (Phi) is 3.43. The van der Waals surface area contributed by atoms with Gasteiger partial charge in [-0.15, -0.1) is 5.10 Å². The van der Waals surface area contributed by atoms with Crippen LogP contribution in [-0.2, 0) is 9.53 Å². The standard InChI is InChI=1S/C9H14N4O2/c1-5-15-8(14)7(2)13-6-10-9(11-13)12(3)4/h6H,2,5H2,1,3-4H3. The molecule has 6 nitrogen and oxygen atoms in total. The van der Waals surface area contributed by atoms with Gasteiger partial charge in [-0.2, -0.15) is 4.98 Å². The molecule has 0 fully saturated rings. The maximum Gasteiger partial charge on any atom is 0.356 e. The summed E-state index contributed by atoms with van der Waals surface area (Å²) in [4.78, 5) is 17.0. The lowest BCUT2D eigenvalue weighted by Crippen LogP contribution is -2.14. The van der Waals surface area contributed by atoms with Gasteiger partial charge in [0, 0.05) is 14.1 Å². The summed E-state index contributed by atoms with van der Waals surface area (Å²) in [5.74, 6) is 0.0214. The Morgan fingerprint density at radius 3 is 2.80 bits per heavy atom. The van der Waals surface area contributed by atoms with Crippen LogP contribution >= 0.6 is 0 Å². The molecule has 0 N–H and O–H groups in total. The predicted octanol–water partition coefficient (Wildman–Crippen LogP) is 0.378. The van der Waals surface area contributed by atoms with Crippen LogP contribution in [0.25, 0.3) is 5.70 Å². The first-order valence-corrected chi connectivity index (χ1v) is 4.51. The maximum absolute atomic E-state index is 11.3. The summed E-state index contributed by atoms with van der Waals surface area (Å²) in [5, 5.41) is 4.04. The molecule has 0 radical (unpaired) electrons. The van der Waals surface area contributed by atoms with Crippen LogP contribution in [0.2, 0.25) is 0 Å². The first kappa shape index (κ1) is 11.2. The third-order valence-corrected chi connectivity index (χ3v) is 1.67. The van der Waals surface area contributed by atoms with Crippen molar-refractivity contribution < 1.29 is 9.53 Å². The van der Waals surface area contributed by atoms with Gasteiger partial charge in [-0.1, -0.05) is 6.58 Å². The highest BCUT2D eigenvalue weighted by molar-refractivity contribution is 6.08. The normalized spacial score (nSPS) is 9.80. The van der Waals surface area contributed by atoms with Crippen LogP contribution in [0.5, 0.6) is 0 Å². The number of carbonyl (C=O) groups is 1. The van der Waals surface area contributed by atoms with Gasteiger partial charge in [-0.3, -0.25) is 0 Å². The Morgan fingerprint density at radius 2 is 2.33 bits per heavy atom. The first-order chi connectivity index (χ1) is 7.06. The smallest absolute Gasteiger partial charge is 0.356 e. The van der Waals surface area contributed by atoms with E-state index in [1.807, 2.05) is 14.1 Å². The second kappa shape index (κ2) is 4.59. The molecular formula is C9H14N4O2. The third-order valence-electron chi connectivity index (χ3n) is 1.67. The van der Waals surface area contributed by atoms with E-state index in [1.165, 1.54) is 11.0 Å². The van der Waals surface area contributed by atoms with E-state index in [1.54, 1.807) is 11.8 Å². The summed E-state index contributed by atoms with van der Waals surface area (Å²) in [7, 11) is 3.62. The fraction of sp³-hybridized carbons (Fsp3) is 0.444. The minimum Gasteiger partial charge on any atom is -0.461 e. The molecule has 15 heavy (non-hydrogen) atoms. The van der Waals surface area contributed by atoms with E-state index in [9.17, 15) is 4.79 Å². The molecule has 0 atom stereocenters. The summed E-state index contributed by atoms with van der Waals surface area (Å²) in [6.07, 6.45) is 1.43. The van der Waals surface area contributed by atoms with Crippen LogP contribution in [-0.4, -0.2) is 41.4 Å². The quantitative estimate of drug-likeness (QED) is 0.531. The second-order valence-corrected chi connectivity index (χ2v) is 3.05. The SMILES string of the molecule is C=C(C(=O)OCC)n1cnc(N(C)C)n1. The van der Waals surface area contributed by atoms with Gasteiger partial charge < -0.3 is 9.64 Å². The monoisotopic (exact) mass is 210 g/mol. The topological polar surface area (TPSA) is 60.3 Å². The van der Waals surface area contributed by atoms with Gasteiger partial charge in [0.2, 0.25) is 5.95 Å². The van der Waals surface area contributed by atoms with Crippen molar-refractivity contribution in [2.45, 2.75) is 6.92 Å². The molecule has 6 heteroatoms. The van der Waals surface area contributed by atoms with Crippen LogP contribution in [0.3, 0.4) is 0 Å². The van der Waals surface area contributed by atoms with Gasteiger partial charge in [0.15, 0.2) is 0 Å². The summed E-state index contributed by atoms with van der Waals surface area (Å²) in [5.41, 5.74) is 0.150. The summed E-state index contributed by atoms with van der Waals surface area (Å²) >= 11 is 0. The van der Waals surface area contributed by atoms with Gasteiger partial charge >= 0.3 is 5.97 Å². The highest BCUT2D eigenvalue weighted by Crippen LogP contribution is 2.06. The molecule has 0 aliphatic carbocycles. The first-order valence-electron chi connectivity index (χ1n) is 4.51. The molecule has 1 aromatic rings. The van der Waals surface area contributed by atoms with Gasteiger partial charge in [-0.05, 0) is 6.92 Å². The van der Waals surface area contributed by atoms with E-state index in [-0.39, 0.29) is 5.70 Å². The molecule has 0 saturated heterocycles. The van der Waals surface area contributed by atoms with Crippen molar-refractivity contribution in [2.75, 3.05) is 25.6 Å². The zero-order chi connectivity index (χ0) is 11.4. The fourth-order valence-corrected chi connectivity index (χ4v) is 0.897. The average molecular weight is 210 g/mol. The fourth-order valence-electron chi connectivity index (χ4n) is 0.897. The lowest BCUT2D eigenvalue weighted by atomic mass is 10.5. The van der Waals surface area contributed by atoms with Crippen LogP contribution in [0.4, 0.5) is 5.95 Å². The molecular weight excluding hydrogens is 196 g/mol. The Morgan fingerprint density at radius 1 is 1.67 bits per heavy atom. The number of hydrogen-bond acceptors (Lipinski definition) is 5. The molecule has 1 rings (SSSR count). The zero-order valence-corrected chi connectivity index (χ0v) is 9.10. The number of aromatic nitrogens is 3. The highest BCUT2D eigenvalue weighted by Gasteiger charge is 2.12. The lowest BCUT2D eigenvalue weighted by Gasteiger charge is -2.06. The molecule has 0 aliphatic heterocycles. The molecule has 82 valence electrons. The van der Waals surface area contributed by atoms with Crippen molar-refractivity contribution in [1.29, 1.82) is 0 Å². The number of ether oxygens (including phenoxy) is 1. The van der Waals surface area contributed by atoms with Crippen LogP contribution in [0.15, 0.2) is 12.9 Å². The number of anilines is 1. The Labute approximate surface area is 88.2 Å². The number of carbonyl (C=O) groups excluding carboxylic acids is 1.